The first-order valence-electron chi connectivity index (χ1n) is 9.44. The predicted octanol–water partition coefficient (Wildman–Crippen LogP) is 4.29. The summed E-state index contributed by atoms with van der Waals surface area (Å²) in [7, 11) is 0. The maximum atomic E-state index is 12.1. The number of aliphatic imine (C=N–C) groups is 1. The number of nitrogens with zero attached hydrogens (tertiary/aromatic N) is 2. The molecule has 30 heavy (non-hydrogen) atoms. The monoisotopic (exact) mass is 540 g/mol. The molecule has 168 valence electrons. The fourth-order valence-corrected chi connectivity index (χ4v) is 2.70. The molecule has 0 saturated heterocycles. The number of aryl methyl sites for hydroxylation is 2. The Kier molecular flexibility index (Phi) is 11.2. The maximum absolute atomic E-state index is 12.1. The van der Waals surface area contributed by atoms with E-state index in [0.717, 1.165) is 35.5 Å². The van der Waals surface area contributed by atoms with E-state index in [0.29, 0.717) is 24.6 Å². The Balaban J connectivity index is 0.00000450. The number of ether oxygens (including phenoxy) is 1. The first kappa shape index (κ1) is 26.2. The largest absolute Gasteiger partial charge is 0.411 e. The molecule has 0 bridgehead atoms. The SMILES string of the molecule is CCNC(=NCc1ccc(COCC(F)(F)F)cc1)NCCc1c(C)noc1C.I. The molecule has 6 nitrogen and oxygen atoms in total. The molecular formula is C20H28F3IN4O2. The summed E-state index contributed by atoms with van der Waals surface area (Å²) in [5, 5.41) is 10.4. The van der Waals surface area contributed by atoms with Crippen molar-refractivity contribution in [1.29, 1.82) is 0 Å². The van der Waals surface area contributed by atoms with E-state index in [1.165, 1.54) is 0 Å². The molecule has 2 aromatic rings. The van der Waals surface area contributed by atoms with Crippen LogP contribution in [0, 0.1) is 13.8 Å². The second-order valence-corrected chi connectivity index (χ2v) is 6.60. The number of rotatable bonds is 9. The highest BCUT2D eigenvalue weighted by Crippen LogP contribution is 2.16. The lowest BCUT2D eigenvalue weighted by molar-refractivity contribution is -0.176. The molecule has 0 aliphatic carbocycles. The molecule has 0 saturated carbocycles. The molecule has 10 heteroatoms. The lowest BCUT2D eigenvalue weighted by Crippen LogP contribution is -2.38. The molecule has 2 rings (SSSR count). The molecule has 1 aromatic carbocycles. The lowest BCUT2D eigenvalue weighted by Gasteiger charge is -2.11. The molecule has 0 fully saturated rings. The third-order valence-corrected chi connectivity index (χ3v) is 4.17. The van der Waals surface area contributed by atoms with Crippen molar-refractivity contribution in [2.75, 3.05) is 19.7 Å². The van der Waals surface area contributed by atoms with Crippen LogP contribution >= 0.6 is 24.0 Å². The Morgan fingerprint density at radius 1 is 1.13 bits per heavy atom. The van der Waals surface area contributed by atoms with Crippen molar-refractivity contribution in [3.8, 4) is 0 Å². The van der Waals surface area contributed by atoms with Crippen LogP contribution in [0.15, 0.2) is 33.8 Å². The lowest BCUT2D eigenvalue weighted by atomic mass is 10.1. The van der Waals surface area contributed by atoms with E-state index in [1.54, 1.807) is 12.1 Å². The summed E-state index contributed by atoms with van der Waals surface area (Å²) >= 11 is 0. The zero-order valence-electron chi connectivity index (χ0n) is 17.3. The van der Waals surface area contributed by atoms with E-state index in [4.69, 9.17) is 4.52 Å². The summed E-state index contributed by atoms with van der Waals surface area (Å²) in [5.74, 6) is 1.52. The molecule has 0 unspecified atom stereocenters. The highest BCUT2D eigenvalue weighted by molar-refractivity contribution is 14.0. The predicted molar refractivity (Wildman–Crippen MR) is 120 cm³/mol. The average Bonchev–Trinajstić information content (AvgIpc) is 2.98. The van der Waals surface area contributed by atoms with Crippen molar-refractivity contribution in [1.82, 2.24) is 15.8 Å². The number of hydrogen-bond acceptors (Lipinski definition) is 4. The van der Waals surface area contributed by atoms with Crippen LogP contribution in [0.2, 0.25) is 0 Å². The number of aromatic nitrogens is 1. The van der Waals surface area contributed by atoms with Gasteiger partial charge in [0.25, 0.3) is 0 Å². The van der Waals surface area contributed by atoms with Crippen LogP contribution in [-0.4, -0.2) is 37.0 Å². The van der Waals surface area contributed by atoms with Crippen molar-refractivity contribution in [2.24, 2.45) is 4.99 Å². The minimum Gasteiger partial charge on any atom is -0.367 e. The Bertz CT molecular complexity index is 773. The molecule has 0 atom stereocenters. The molecule has 0 spiro atoms. The fraction of sp³-hybridized carbons (Fsp3) is 0.500. The van der Waals surface area contributed by atoms with Gasteiger partial charge in [-0.3, -0.25) is 0 Å². The van der Waals surface area contributed by atoms with Crippen molar-refractivity contribution in [2.45, 2.75) is 46.5 Å². The Morgan fingerprint density at radius 3 is 2.37 bits per heavy atom. The van der Waals surface area contributed by atoms with Gasteiger partial charge in [0, 0.05) is 18.7 Å². The second kappa shape index (κ2) is 12.8. The summed E-state index contributed by atoms with van der Waals surface area (Å²) in [6.45, 7) is 6.34. The molecule has 2 N–H and O–H groups in total. The van der Waals surface area contributed by atoms with Gasteiger partial charge in [-0.15, -0.1) is 24.0 Å². The van der Waals surface area contributed by atoms with Gasteiger partial charge in [0.15, 0.2) is 5.96 Å². The van der Waals surface area contributed by atoms with Crippen molar-refractivity contribution < 1.29 is 22.4 Å². The van der Waals surface area contributed by atoms with Crippen LogP contribution < -0.4 is 10.6 Å². The van der Waals surface area contributed by atoms with E-state index < -0.39 is 12.8 Å². The third kappa shape index (κ3) is 9.33. The minimum absolute atomic E-state index is 0. The smallest absolute Gasteiger partial charge is 0.367 e. The molecule has 0 aliphatic heterocycles. The van der Waals surface area contributed by atoms with Crippen LogP contribution in [0.1, 0.15) is 35.1 Å². The molecule has 0 radical (unpaired) electrons. The number of halogens is 4. The first-order valence-corrected chi connectivity index (χ1v) is 9.44. The fourth-order valence-electron chi connectivity index (χ4n) is 2.70. The maximum Gasteiger partial charge on any atom is 0.411 e. The summed E-state index contributed by atoms with van der Waals surface area (Å²) in [6.07, 6.45) is -3.53. The van der Waals surface area contributed by atoms with E-state index in [2.05, 4.69) is 25.5 Å². The number of alkyl halides is 3. The summed E-state index contributed by atoms with van der Waals surface area (Å²) < 4.78 is 46.2. The van der Waals surface area contributed by atoms with Gasteiger partial charge < -0.3 is 19.9 Å². The van der Waals surface area contributed by atoms with Crippen molar-refractivity contribution >= 4 is 29.9 Å². The Hall–Kier alpha value is -1.82. The van der Waals surface area contributed by atoms with Crippen LogP contribution in [0.25, 0.3) is 0 Å². The van der Waals surface area contributed by atoms with Crippen LogP contribution in [-0.2, 0) is 24.3 Å². The van der Waals surface area contributed by atoms with Crippen LogP contribution in [0.5, 0.6) is 0 Å². The van der Waals surface area contributed by atoms with Gasteiger partial charge in [0.2, 0.25) is 0 Å². The first-order chi connectivity index (χ1) is 13.8. The quantitative estimate of drug-likeness (QED) is 0.282. The highest BCUT2D eigenvalue weighted by Gasteiger charge is 2.27. The van der Waals surface area contributed by atoms with Gasteiger partial charge in [0.05, 0.1) is 18.8 Å². The summed E-state index contributed by atoms with van der Waals surface area (Å²) in [5.41, 5.74) is 3.63. The second-order valence-electron chi connectivity index (χ2n) is 6.60. The zero-order valence-corrected chi connectivity index (χ0v) is 19.6. The Morgan fingerprint density at radius 2 is 1.80 bits per heavy atom. The van der Waals surface area contributed by atoms with E-state index in [9.17, 15) is 13.2 Å². The highest BCUT2D eigenvalue weighted by atomic mass is 127. The number of hydrogen-bond donors (Lipinski definition) is 2. The van der Waals surface area contributed by atoms with Gasteiger partial charge >= 0.3 is 6.18 Å². The van der Waals surface area contributed by atoms with Gasteiger partial charge in [-0.1, -0.05) is 29.4 Å². The topological polar surface area (TPSA) is 71.7 Å². The standard InChI is InChI=1S/C20H27F3N4O2.HI/c1-4-24-19(25-10-9-18-14(2)27-29-15(18)3)26-11-16-5-7-17(8-6-16)12-28-13-20(21,22)23;/h5-8H,4,9-13H2,1-3H3,(H2,24,25,26);1H. The van der Waals surface area contributed by atoms with E-state index in [-0.39, 0.29) is 30.6 Å². The molecular weight excluding hydrogens is 512 g/mol. The van der Waals surface area contributed by atoms with Gasteiger partial charge in [-0.25, -0.2) is 4.99 Å². The summed E-state index contributed by atoms with van der Waals surface area (Å²) in [6, 6.07) is 7.17. The Labute approximate surface area is 191 Å². The van der Waals surface area contributed by atoms with Gasteiger partial charge in [-0.2, -0.15) is 13.2 Å². The molecule has 0 aliphatic rings. The molecule has 1 heterocycles. The number of guanidine groups is 1. The molecule has 0 amide bonds. The number of nitrogens with one attached hydrogen (secondary N) is 2. The van der Waals surface area contributed by atoms with E-state index in [1.807, 2.05) is 32.9 Å². The average molecular weight is 540 g/mol. The van der Waals surface area contributed by atoms with Crippen molar-refractivity contribution in [3.05, 3.63) is 52.4 Å². The third-order valence-electron chi connectivity index (χ3n) is 4.17. The van der Waals surface area contributed by atoms with E-state index >= 15 is 0 Å². The van der Waals surface area contributed by atoms with Gasteiger partial charge in [0.1, 0.15) is 12.4 Å². The summed E-state index contributed by atoms with van der Waals surface area (Å²) in [4.78, 5) is 4.55. The van der Waals surface area contributed by atoms with Crippen LogP contribution in [0.3, 0.4) is 0 Å². The minimum atomic E-state index is -4.31. The number of benzene rings is 1. The van der Waals surface area contributed by atoms with Gasteiger partial charge in [-0.05, 0) is 38.3 Å². The molecule has 1 aromatic heterocycles. The van der Waals surface area contributed by atoms with Crippen molar-refractivity contribution in [3.63, 3.8) is 0 Å². The zero-order chi connectivity index (χ0) is 21.3. The van der Waals surface area contributed by atoms with Crippen LogP contribution in [0.4, 0.5) is 13.2 Å². The normalized spacial score (nSPS) is 11.9.